The Morgan fingerprint density at radius 1 is 1.00 bits per heavy atom. The van der Waals surface area contributed by atoms with Gasteiger partial charge in [0, 0.05) is 11.3 Å². The Morgan fingerprint density at radius 2 is 1.82 bits per heavy atom. The highest BCUT2D eigenvalue weighted by atomic mass is 16.1. The van der Waals surface area contributed by atoms with Gasteiger partial charge in [0.1, 0.15) is 0 Å². The van der Waals surface area contributed by atoms with E-state index >= 15 is 0 Å². The molecule has 1 aliphatic rings. The smallest absolute Gasteiger partial charge is 0.229 e. The van der Waals surface area contributed by atoms with Crippen LogP contribution in [0.5, 0.6) is 0 Å². The number of nitrogen functional groups attached to an aromatic ring is 1. The lowest BCUT2D eigenvalue weighted by Crippen LogP contribution is -2.20. The number of nitrogens with two attached hydrogens (primary N) is 1. The Labute approximate surface area is 194 Å². The van der Waals surface area contributed by atoms with E-state index < -0.39 is 0 Å². The summed E-state index contributed by atoms with van der Waals surface area (Å²) in [7, 11) is 0. The Morgan fingerprint density at radius 3 is 2.64 bits per heavy atom. The third kappa shape index (κ3) is 4.44. The highest BCUT2D eigenvalue weighted by Gasteiger charge is 2.23. The van der Waals surface area contributed by atoms with Gasteiger partial charge in [-0.25, -0.2) is 9.97 Å². The topological polar surface area (TPSA) is 80.9 Å². The molecule has 5 heteroatoms. The van der Waals surface area contributed by atoms with Gasteiger partial charge in [-0.3, -0.25) is 4.79 Å². The Hall–Kier alpha value is -3.73. The van der Waals surface area contributed by atoms with Crippen molar-refractivity contribution in [2.45, 2.75) is 39.5 Å². The van der Waals surface area contributed by atoms with E-state index in [1.165, 1.54) is 10.9 Å². The fourth-order valence-corrected chi connectivity index (χ4v) is 4.54. The zero-order chi connectivity index (χ0) is 22.9. The van der Waals surface area contributed by atoms with Gasteiger partial charge in [-0.05, 0) is 59.2 Å². The van der Waals surface area contributed by atoms with Crippen molar-refractivity contribution in [2.75, 3.05) is 11.1 Å². The maximum absolute atomic E-state index is 13.0. The molecule has 4 aromatic rings. The van der Waals surface area contributed by atoms with E-state index in [-0.39, 0.29) is 5.91 Å². The molecule has 0 atom stereocenters. The molecule has 0 fully saturated rings. The first-order chi connectivity index (χ1) is 16.0. The van der Waals surface area contributed by atoms with Gasteiger partial charge in [0.05, 0.1) is 23.5 Å². The lowest BCUT2D eigenvalue weighted by molar-refractivity contribution is -0.115. The van der Waals surface area contributed by atoms with Crippen molar-refractivity contribution in [3.05, 3.63) is 83.2 Å². The van der Waals surface area contributed by atoms with Crippen molar-refractivity contribution in [1.29, 1.82) is 0 Å². The summed E-state index contributed by atoms with van der Waals surface area (Å²) in [4.78, 5) is 22.9. The summed E-state index contributed by atoms with van der Waals surface area (Å²) in [6.07, 6.45) is 2.70. The van der Waals surface area contributed by atoms with Crippen LogP contribution in [0.2, 0.25) is 0 Å². The summed E-state index contributed by atoms with van der Waals surface area (Å²) in [5.41, 5.74) is 12.7. The van der Waals surface area contributed by atoms with Gasteiger partial charge >= 0.3 is 0 Å². The summed E-state index contributed by atoms with van der Waals surface area (Å²) in [6.45, 7) is 4.30. The molecule has 1 aliphatic carbocycles. The van der Waals surface area contributed by atoms with Gasteiger partial charge in [0.25, 0.3) is 0 Å². The fourth-order valence-electron chi connectivity index (χ4n) is 4.54. The zero-order valence-corrected chi connectivity index (χ0v) is 19.1. The first-order valence-corrected chi connectivity index (χ1v) is 11.5. The molecule has 3 N–H and O–H groups in total. The Balaban J connectivity index is 1.44. The minimum absolute atomic E-state index is 0.0754. The lowest BCUT2D eigenvalue weighted by Gasteiger charge is -2.21. The first kappa shape index (κ1) is 21.1. The second-order valence-electron chi connectivity index (χ2n) is 9.24. The molecule has 5 nitrogen and oxygen atoms in total. The molecular formula is C28H28N4O. The molecule has 0 bridgehead atoms. The number of carbonyl (C=O) groups is 1. The molecular weight excluding hydrogens is 408 g/mol. The molecule has 0 spiro atoms. The maximum Gasteiger partial charge on any atom is 0.229 e. The minimum atomic E-state index is -0.0754. The number of fused-ring (bicyclic) bond motifs is 4. The van der Waals surface area contributed by atoms with Gasteiger partial charge in [0.2, 0.25) is 5.91 Å². The van der Waals surface area contributed by atoms with E-state index in [9.17, 15) is 4.79 Å². The van der Waals surface area contributed by atoms with Crippen LogP contribution >= 0.6 is 0 Å². The van der Waals surface area contributed by atoms with Crippen LogP contribution < -0.4 is 11.1 Å². The normalized spacial score (nSPS) is 12.5. The third-order valence-corrected chi connectivity index (χ3v) is 6.09. The molecule has 0 unspecified atom stereocenters. The fraction of sp³-hybridized carbons (Fsp3) is 0.250. The SMILES string of the molecule is CC(C)Cc1nc2c(nc1NC(=O)Cc1ccc3ccccc3c1)CCc1cc(N)ccc1-2. The van der Waals surface area contributed by atoms with Crippen LogP contribution in [0, 0.1) is 5.92 Å². The number of hydrogen-bond acceptors (Lipinski definition) is 4. The van der Waals surface area contributed by atoms with Gasteiger partial charge in [-0.15, -0.1) is 0 Å². The molecule has 0 saturated heterocycles. The predicted octanol–water partition coefficient (Wildman–Crippen LogP) is 5.36. The van der Waals surface area contributed by atoms with Crippen LogP contribution in [-0.2, 0) is 30.5 Å². The standard InChI is InChI=1S/C28H28N4O/c1-17(2)13-25-28(31-24-12-9-21-16-22(29)10-11-23(21)27(24)30-25)32-26(33)15-18-7-8-19-5-3-4-6-20(19)14-18/h3-8,10-11,14,16-17H,9,12-13,15,29H2,1-2H3,(H,31,32,33). The maximum atomic E-state index is 13.0. The number of hydrogen-bond donors (Lipinski definition) is 2. The van der Waals surface area contributed by atoms with E-state index in [4.69, 9.17) is 15.7 Å². The largest absolute Gasteiger partial charge is 0.399 e. The average Bonchev–Trinajstić information content (AvgIpc) is 2.79. The number of aryl methyl sites for hydroxylation is 2. The van der Waals surface area contributed by atoms with Crippen molar-refractivity contribution in [3.63, 3.8) is 0 Å². The van der Waals surface area contributed by atoms with Crippen molar-refractivity contribution >= 4 is 28.2 Å². The van der Waals surface area contributed by atoms with Gasteiger partial charge in [0.15, 0.2) is 5.82 Å². The van der Waals surface area contributed by atoms with Crippen molar-refractivity contribution in [2.24, 2.45) is 5.92 Å². The lowest BCUT2D eigenvalue weighted by atomic mass is 9.91. The van der Waals surface area contributed by atoms with E-state index in [2.05, 4.69) is 43.4 Å². The number of aromatic nitrogens is 2. The molecule has 1 heterocycles. The molecule has 5 rings (SSSR count). The van der Waals surface area contributed by atoms with E-state index in [1.807, 2.05) is 36.4 Å². The van der Waals surface area contributed by atoms with Crippen LogP contribution in [0.15, 0.2) is 60.7 Å². The number of rotatable bonds is 5. The van der Waals surface area contributed by atoms with Crippen LogP contribution in [0.3, 0.4) is 0 Å². The molecule has 166 valence electrons. The van der Waals surface area contributed by atoms with Crippen molar-refractivity contribution in [1.82, 2.24) is 9.97 Å². The van der Waals surface area contributed by atoms with E-state index in [0.717, 1.165) is 58.5 Å². The number of amides is 1. The highest BCUT2D eigenvalue weighted by Crippen LogP contribution is 2.34. The summed E-state index contributed by atoms with van der Waals surface area (Å²) in [5, 5.41) is 5.37. The summed E-state index contributed by atoms with van der Waals surface area (Å²) in [6, 6.07) is 20.3. The number of carbonyl (C=O) groups excluding carboxylic acids is 1. The molecule has 1 aromatic heterocycles. The van der Waals surface area contributed by atoms with Crippen LogP contribution in [0.4, 0.5) is 11.5 Å². The minimum Gasteiger partial charge on any atom is -0.399 e. The second kappa shape index (κ2) is 8.66. The molecule has 3 aromatic carbocycles. The van der Waals surface area contributed by atoms with Crippen LogP contribution in [0.25, 0.3) is 22.0 Å². The quantitative estimate of drug-likeness (QED) is 0.413. The zero-order valence-electron chi connectivity index (χ0n) is 19.1. The number of benzene rings is 3. The Bertz CT molecular complexity index is 1360. The molecule has 33 heavy (non-hydrogen) atoms. The molecule has 0 radical (unpaired) electrons. The monoisotopic (exact) mass is 436 g/mol. The molecule has 0 saturated carbocycles. The summed E-state index contributed by atoms with van der Waals surface area (Å²) in [5.74, 6) is 0.906. The molecule has 0 aliphatic heterocycles. The third-order valence-electron chi connectivity index (χ3n) is 6.09. The first-order valence-electron chi connectivity index (χ1n) is 11.5. The number of nitrogens with one attached hydrogen (secondary N) is 1. The highest BCUT2D eigenvalue weighted by molar-refractivity contribution is 5.93. The van der Waals surface area contributed by atoms with Gasteiger partial charge in [-0.1, -0.05) is 62.4 Å². The van der Waals surface area contributed by atoms with Crippen LogP contribution in [-0.4, -0.2) is 15.9 Å². The predicted molar refractivity (Wildman–Crippen MR) is 134 cm³/mol. The van der Waals surface area contributed by atoms with Gasteiger partial charge in [-0.2, -0.15) is 0 Å². The average molecular weight is 437 g/mol. The van der Waals surface area contributed by atoms with E-state index in [1.54, 1.807) is 0 Å². The van der Waals surface area contributed by atoms with Crippen molar-refractivity contribution < 1.29 is 4.79 Å². The Kier molecular flexibility index (Phi) is 5.55. The molecule has 1 amide bonds. The van der Waals surface area contributed by atoms with Gasteiger partial charge < -0.3 is 11.1 Å². The number of anilines is 2. The van der Waals surface area contributed by atoms with Crippen molar-refractivity contribution in [3.8, 4) is 11.3 Å². The summed E-state index contributed by atoms with van der Waals surface area (Å²) < 4.78 is 0. The van der Waals surface area contributed by atoms with E-state index in [0.29, 0.717) is 18.2 Å². The number of nitrogens with zero attached hydrogens (tertiary/aromatic N) is 2. The second-order valence-corrected chi connectivity index (χ2v) is 9.24. The summed E-state index contributed by atoms with van der Waals surface area (Å²) >= 11 is 0. The van der Waals surface area contributed by atoms with Crippen LogP contribution in [0.1, 0.15) is 36.4 Å².